The summed E-state index contributed by atoms with van der Waals surface area (Å²) in [5, 5.41) is 2.19. The molecular formula is C13H8BrF3N2O. The van der Waals surface area contributed by atoms with Crippen LogP contribution in [-0.2, 0) is 0 Å². The lowest BCUT2D eigenvalue weighted by atomic mass is 10.1. The predicted octanol–water partition coefficient (Wildman–Crippen LogP) is 3.70. The molecule has 2 aromatic rings. The molecule has 0 radical (unpaired) electrons. The fraction of sp³-hybridized carbons (Fsp3) is 0. The van der Waals surface area contributed by atoms with E-state index in [2.05, 4.69) is 21.2 Å². The van der Waals surface area contributed by atoms with E-state index in [4.69, 9.17) is 5.73 Å². The Morgan fingerprint density at radius 1 is 1.05 bits per heavy atom. The van der Waals surface area contributed by atoms with E-state index in [-0.39, 0.29) is 15.8 Å². The van der Waals surface area contributed by atoms with Gasteiger partial charge in [0.15, 0.2) is 0 Å². The van der Waals surface area contributed by atoms with Gasteiger partial charge in [-0.25, -0.2) is 13.2 Å². The van der Waals surface area contributed by atoms with Crippen LogP contribution in [0, 0.1) is 17.5 Å². The maximum Gasteiger partial charge on any atom is 0.261 e. The van der Waals surface area contributed by atoms with E-state index in [1.54, 1.807) is 0 Å². The minimum Gasteiger partial charge on any atom is -0.399 e. The van der Waals surface area contributed by atoms with Gasteiger partial charge in [-0.05, 0) is 30.3 Å². The Kier molecular flexibility index (Phi) is 3.99. The van der Waals surface area contributed by atoms with Crippen molar-refractivity contribution >= 4 is 33.2 Å². The second kappa shape index (κ2) is 5.54. The molecule has 0 aromatic heterocycles. The highest BCUT2D eigenvalue weighted by atomic mass is 79.9. The molecule has 2 aromatic carbocycles. The first kappa shape index (κ1) is 14.4. The zero-order valence-electron chi connectivity index (χ0n) is 9.88. The maximum absolute atomic E-state index is 13.6. The monoisotopic (exact) mass is 344 g/mol. The summed E-state index contributed by atoms with van der Waals surface area (Å²) in [7, 11) is 0. The summed E-state index contributed by atoms with van der Waals surface area (Å²) in [6.45, 7) is 0. The lowest BCUT2D eigenvalue weighted by Gasteiger charge is -2.08. The third kappa shape index (κ3) is 3.11. The normalized spacial score (nSPS) is 10.4. The minimum atomic E-state index is -1.03. The molecule has 0 saturated carbocycles. The number of carbonyl (C=O) groups excluding carboxylic acids is 1. The van der Waals surface area contributed by atoms with Crippen LogP contribution >= 0.6 is 15.9 Å². The van der Waals surface area contributed by atoms with Crippen molar-refractivity contribution in [1.82, 2.24) is 0 Å². The molecule has 0 atom stereocenters. The number of halogens is 4. The SMILES string of the molecule is Nc1cc(F)cc(NC(=O)c2c(F)cc(Br)cc2F)c1. The molecule has 7 heteroatoms. The first-order valence-electron chi connectivity index (χ1n) is 5.39. The molecule has 0 unspecified atom stereocenters. The molecule has 20 heavy (non-hydrogen) atoms. The summed E-state index contributed by atoms with van der Waals surface area (Å²) in [4.78, 5) is 11.8. The van der Waals surface area contributed by atoms with E-state index < -0.39 is 28.9 Å². The van der Waals surface area contributed by atoms with Crippen molar-refractivity contribution in [3.8, 4) is 0 Å². The van der Waals surface area contributed by atoms with Crippen molar-refractivity contribution in [2.75, 3.05) is 11.1 Å². The van der Waals surface area contributed by atoms with E-state index in [9.17, 15) is 18.0 Å². The number of benzene rings is 2. The van der Waals surface area contributed by atoms with Gasteiger partial charge in [0, 0.05) is 15.8 Å². The Labute approximate surface area is 120 Å². The van der Waals surface area contributed by atoms with E-state index in [0.717, 1.165) is 24.3 Å². The van der Waals surface area contributed by atoms with Gasteiger partial charge >= 0.3 is 0 Å². The summed E-state index contributed by atoms with van der Waals surface area (Å²) in [5.74, 6) is -3.76. The van der Waals surface area contributed by atoms with Crippen LogP contribution in [0.2, 0.25) is 0 Å². The number of hydrogen-bond acceptors (Lipinski definition) is 2. The minimum absolute atomic E-state index is 0.00854. The number of nitrogens with two attached hydrogens (primary N) is 1. The summed E-state index contributed by atoms with van der Waals surface area (Å²) >= 11 is 2.90. The molecule has 3 nitrogen and oxygen atoms in total. The number of hydrogen-bond donors (Lipinski definition) is 2. The van der Waals surface area contributed by atoms with Gasteiger partial charge in [-0.1, -0.05) is 15.9 Å². The zero-order chi connectivity index (χ0) is 14.9. The molecule has 0 aliphatic rings. The zero-order valence-corrected chi connectivity index (χ0v) is 11.5. The second-order valence-corrected chi connectivity index (χ2v) is 4.89. The number of rotatable bonds is 2. The Morgan fingerprint density at radius 2 is 1.65 bits per heavy atom. The van der Waals surface area contributed by atoms with Crippen LogP contribution in [0.4, 0.5) is 24.5 Å². The smallest absolute Gasteiger partial charge is 0.261 e. The topological polar surface area (TPSA) is 55.1 Å². The number of carbonyl (C=O) groups is 1. The fourth-order valence-corrected chi connectivity index (χ4v) is 2.04. The highest BCUT2D eigenvalue weighted by Crippen LogP contribution is 2.22. The standard InChI is InChI=1S/C13H8BrF3N2O/c14-6-1-10(16)12(11(17)2-6)13(20)19-9-4-7(15)3-8(18)5-9/h1-5H,18H2,(H,19,20). The number of nitrogens with one attached hydrogen (secondary N) is 1. The third-order valence-electron chi connectivity index (χ3n) is 2.41. The van der Waals surface area contributed by atoms with Gasteiger partial charge in [0.25, 0.3) is 5.91 Å². The maximum atomic E-state index is 13.6. The summed E-state index contributed by atoms with van der Waals surface area (Å²) < 4.78 is 40.5. The Hall–Kier alpha value is -2.02. The Morgan fingerprint density at radius 3 is 2.20 bits per heavy atom. The quantitative estimate of drug-likeness (QED) is 0.816. The average molecular weight is 345 g/mol. The lowest BCUT2D eigenvalue weighted by Crippen LogP contribution is -2.16. The van der Waals surface area contributed by atoms with Gasteiger partial charge in [-0.3, -0.25) is 4.79 Å². The molecule has 0 spiro atoms. The van der Waals surface area contributed by atoms with Crippen molar-refractivity contribution in [1.29, 1.82) is 0 Å². The largest absolute Gasteiger partial charge is 0.399 e. The van der Waals surface area contributed by atoms with Crippen LogP contribution in [0.3, 0.4) is 0 Å². The molecule has 1 amide bonds. The van der Waals surface area contributed by atoms with Gasteiger partial charge in [0.05, 0.1) is 0 Å². The predicted molar refractivity (Wildman–Crippen MR) is 72.8 cm³/mol. The van der Waals surface area contributed by atoms with Crippen LogP contribution in [0.5, 0.6) is 0 Å². The molecule has 0 aliphatic carbocycles. The van der Waals surface area contributed by atoms with Crippen LogP contribution in [0.15, 0.2) is 34.8 Å². The first-order chi connectivity index (χ1) is 9.36. The van der Waals surface area contributed by atoms with Crippen LogP contribution in [-0.4, -0.2) is 5.91 Å². The second-order valence-electron chi connectivity index (χ2n) is 3.97. The molecular weight excluding hydrogens is 337 g/mol. The number of anilines is 2. The molecule has 3 N–H and O–H groups in total. The van der Waals surface area contributed by atoms with E-state index in [1.165, 1.54) is 6.07 Å². The van der Waals surface area contributed by atoms with Gasteiger partial charge < -0.3 is 11.1 Å². The van der Waals surface area contributed by atoms with Crippen LogP contribution in [0.25, 0.3) is 0 Å². The van der Waals surface area contributed by atoms with Gasteiger partial charge in [0.1, 0.15) is 23.0 Å². The van der Waals surface area contributed by atoms with E-state index >= 15 is 0 Å². The van der Waals surface area contributed by atoms with Crippen LogP contribution < -0.4 is 11.1 Å². The summed E-state index contributed by atoms with van der Waals surface area (Å²) in [6, 6.07) is 5.23. The molecule has 2 rings (SSSR count). The van der Waals surface area contributed by atoms with Crippen molar-refractivity contribution in [2.45, 2.75) is 0 Å². The van der Waals surface area contributed by atoms with Gasteiger partial charge in [0.2, 0.25) is 0 Å². The highest BCUT2D eigenvalue weighted by Gasteiger charge is 2.18. The van der Waals surface area contributed by atoms with Gasteiger partial charge in [-0.2, -0.15) is 0 Å². The van der Waals surface area contributed by atoms with Crippen LogP contribution in [0.1, 0.15) is 10.4 Å². The lowest BCUT2D eigenvalue weighted by molar-refractivity contribution is 0.101. The summed E-state index contributed by atoms with van der Waals surface area (Å²) in [5.41, 5.74) is 4.74. The Balaban J connectivity index is 2.33. The molecule has 0 fully saturated rings. The average Bonchev–Trinajstić information content (AvgIpc) is 2.25. The molecule has 0 bridgehead atoms. The number of amides is 1. The molecule has 0 heterocycles. The fourth-order valence-electron chi connectivity index (χ4n) is 1.64. The third-order valence-corrected chi connectivity index (χ3v) is 2.87. The van der Waals surface area contributed by atoms with Crippen molar-refractivity contribution < 1.29 is 18.0 Å². The van der Waals surface area contributed by atoms with Crippen molar-refractivity contribution in [2.24, 2.45) is 0 Å². The van der Waals surface area contributed by atoms with Crippen molar-refractivity contribution in [3.05, 3.63) is 57.8 Å². The number of nitrogen functional groups attached to an aromatic ring is 1. The highest BCUT2D eigenvalue weighted by molar-refractivity contribution is 9.10. The van der Waals surface area contributed by atoms with E-state index in [1.807, 2.05) is 0 Å². The van der Waals surface area contributed by atoms with Gasteiger partial charge in [-0.15, -0.1) is 0 Å². The molecule has 104 valence electrons. The molecule has 0 saturated heterocycles. The Bertz CT molecular complexity index is 648. The molecule has 0 aliphatic heterocycles. The van der Waals surface area contributed by atoms with Crippen molar-refractivity contribution in [3.63, 3.8) is 0 Å². The summed E-state index contributed by atoms with van der Waals surface area (Å²) in [6.07, 6.45) is 0. The first-order valence-corrected chi connectivity index (χ1v) is 6.18. The van der Waals surface area contributed by atoms with E-state index in [0.29, 0.717) is 0 Å².